The van der Waals surface area contributed by atoms with Crippen LogP contribution in [0, 0.1) is 0 Å². The first-order valence-corrected chi connectivity index (χ1v) is 9.85. The van der Waals surface area contributed by atoms with Gasteiger partial charge in [0, 0.05) is 34.8 Å². The van der Waals surface area contributed by atoms with Crippen molar-refractivity contribution in [3.8, 4) is 0 Å². The molecule has 3 aliphatic rings. The van der Waals surface area contributed by atoms with Gasteiger partial charge in [-0.05, 0) is 60.9 Å². The molecule has 1 unspecified atom stereocenters. The van der Waals surface area contributed by atoms with E-state index in [1.807, 2.05) is 24.4 Å². The van der Waals surface area contributed by atoms with Crippen LogP contribution in [0.2, 0.25) is 0 Å². The molecular formula is C22H22N4O. The number of carbonyl (C=O) groups is 1. The van der Waals surface area contributed by atoms with Crippen molar-refractivity contribution < 1.29 is 4.79 Å². The third-order valence-corrected chi connectivity index (χ3v) is 6.50. The van der Waals surface area contributed by atoms with Crippen molar-refractivity contribution >= 4 is 22.4 Å². The van der Waals surface area contributed by atoms with Crippen LogP contribution in [0.1, 0.15) is 53.2 Å². The molecule has 1 aliphatic carbocycles. The molecule has 27 heavy (non-hydrogen) atoms. The molecule has 5 nitrogen and oxygen atoms in total. The van der Waals surface area contributed by atoms with Crippen molar-refractivity contribution in [2.45, 2.75) is 43.7 Å². The second kappa shape index (κ2) is 5.42. The van der Waals surface area contributed by atoms with Crippen molar-refractivity contribution in [1.82, 2.24) is 15.1 Å². The molecular weight excluding hydrogens is 336 g/mol. The molecule has 1 aromatic heterocycles. The van der Waals surface area contributed by atoms with E-state index in [2.05, 4.69) is 33.6 Å². The fourth-order valence-electron chi connectivity index (χ4n) is 4.88. The van der Waals surface area contributed by atoms with Crippen LogP contribution >= 0.6 is 0 Å². The first-order chi connectivity index (χ1) is 13.2. The highest BCUT2D eigenvalue weighted by Crippen LogP contribution is 2.45. The van der Waals surface area contributed by atoms with E-state index in [0.29, 0.717) is 11.6 Å². The summed E-state index contributed by atoms with van der Waals surface area (Å²) in [5, 5.41) is 13.6. The van der Waals surface area contributed by atoms with Gasteiger partial charge in [-0.25, -0.2) is 0 Å². The molecule has 2 fully saturated rings. The average Bonchev–Trinajstić information content (AvgIpc) is 3.12. The molecule has 5 heteroatoms. The van der Waals surface area contributed by atoms with E-state index in [1.54, 1.807) is 0 Å². The lowest BCUT2D eigenvalue weighted by atomic mass is 9.96. The summed E-state index contributed by atoms with van der Waals surface area (Å²) in [7, 11) is 0. The number of benzene rings is 2. The maximum Gasteiger partial charge on any atom is 0.256 e. The lowest BCUT2D eigenvalue weighted by Crippen LogP contribution is -2.40. The molecule has 2 aromatic carbocycles. The lowest BCUT2D eigenvalue weighted by Gasteiger charge is -2.30. The van der Waals surface area contributed by atoms with Crippen molar-refractivity contribution in [1.29, 1.82) is 0 Å². The second-order valence-corrected chi connectivity index (χ2v) is 8.31. The molecule has 1 amide bonds. The topological polar surface area (TPSA) is 59.0 Å². The van der Waals surface area contributed by atoms with Crippen LogP contribution in [0.4, 0.5) is 5.69 Å². The van der Waals surface area contributed by atoms with Crippen LogP contribution in [-0.4, -0.2) is 27.8 Å². The zero-order chi connectivity index (χ0) is 18.0. The predicted molar refractivity (Wildman–Crippen MR) is 105 cm³/mol. The second-order valence-electron chi connectivity index (χ2n) is 8.31. The molecule has 1 atom stereocenters. The fraction of sp³-hybridized carbons (Fsp3) is 0.364. The summed E-state index contributed by atoms with van der Waals surface area (Å²) in [6, 6.07) is 10.7. The normalized spacial score (nSPS) is 22.4. The summed E-state index contributed by atoms with van der Waals surface area (Å²) >= 11 is 0. The van der Waals surface area contributed by atoms with Gasteiger partial charge in [-0.15, -0.1) is 0 Å². The Morgan fingerprint density at radius 1 is 1.22 bits per heavy atom. The zero-order valence-electron chi connectivity index (χ0n) is 15.2. The first-order valence-electron chi connectivity index (χ1n) is 9.85. The Balaban J connectivity index is 1.31. The number of nitrogens with one attached hydrogen (secondary N) is 2. The third-order valence-electron chi connectivity index (χ3n) is 6.50. The number of anilines is 1. The minimum Gasteiger partial charge on any atom is -0.321 e. The van der Waals surface area contributed by atoms with Gasteiger partial charge >= 0.3 is 0 Å². The standard InChI is InChI=1S/C22H22N4O/c27-21-18-3-1-2-17-15(4-5-19(25-21)20(17)18)10-14-12-24-26(13-14)16-6-9-23-22(11-16)7-8-22/h1-5,12-13,16,23H,6-11H2,(H,25,27). The van der Waals surface area contributed by atoms with Crippen LogP contribution in [0.25, 0.3) is 10.8 Å². The number of carbonyl (C=O) groups excluding carboxylic acids is 1. The summed E-state index contributed by atoms with van der Waals surface area (Å²) in [5.74, 6) is 0.000447. The summed E-state index contributed by atoms with van der Waals surface area (Å²) in [6.45, 7) is 1.09. The number of hydrogen-bond acceptors (Lipinski definition) is 3. The van der Waals surface area contributed by atoms with Gasteiger partial charge in [-0.1, -0.05) is 18.2 Å². The van der Waals surface area contributed by atoms with Crippen LogP contribution < -0.4 is 10.6 Å². The van der Waals surface area contributed by atoms with E-state index in [1.165, 1.54) is 30.4 Å². The molecule has 1 saturated heterocycles. The number of nitrogens with zero attached hydrogens (tertiary/aromatic N) is 2. The van der Waals surface area contributed by atoms with Crippen molar-refractivity contribution in [2.24, 2.45) is 0 Å². The lowest BCUT2D eigenvalue weighted by molar-refractivity contribution is 0.103. The molecule has 136 valence electrons. The van der Waals surface area contributed by atoms with E-state index in [-0.39, 0.29) is 5.91 Å². The Hall–Kier alpha value is -2.66. The highest BCUT2D eigenvalue weighted by Gasteiger charge is 2.46. The molecule has 6 rings (SSSR count). The van der Waals surface area contributed by atoms with Crippen molar-refractivity contribution in [3.05, 3.63) is 59.4 Å². The van der Waals surface area contributed by atoms with E-state index >= 15 is 0 Å². The maximum absolute atomic E-state index is 12.1. The van der Waals surface area contributed by atoms with Gasteiger partial charge in [-0.3, -0.25) is 9.48 Å². The van der Waals surface area contributed by atoms with E-state index in [4.69, 9.17) is 5.10 Å². The number of aromatic nitrogens is 2. The minimum atomic E-state index is 0.000447. The number of amides is 1. The quantitative estimate of drug-likeness (QED) is 0.751. The Labute approximate surface area is 157 Å². The number of rotatable bonds is 3. The molecule has 2 aliphatic heterocycles. The monoisotopic (exact) mass is 358 g/mol. The van der Waals surface area contributed by atoms with E-state index < -0.39 is 0 Å². The van der Waals surface area contributed by atoms with Gasteiger partial charge in [0.1, 0.15) is 0 Å². The van der Waals surface area contributed by atoms with Gasteiger partial charge in [0.05, 0.1) is 12.2 Å². The van der Waals surface area contributed by atoms with Crippen molar-refractivity contribution in [2.75, 3.05) is 11.9 Å². The number of hydrogen-bond donors (Lipinski definition) is 2. The SMILES string of the molecule is O=C1Nc2ccc(Cc3cnn(C4CCNC5(CC5)C4)c3)c3cccc1c23. The highest BCUT2D eigenvalue weighted by molar-refractivity contribution is 6.24. The maximum atomic E-state index is 12.1. The molecule has 3 heterocycles. The molecule has 3 aromatic rings. The Kier molecular flexibility index (Phi) is 3.09. The molecule has 0 bridgehead atoms. The zero-order valence-corrected chi connectivity index (χ0v) is 15.2. The summed E-state index contributed by atoms with van der Waals surface area (Å²) in [4.78, 5) is 12.1. The van der Waals surface area contributed by atoms with Gasteiger partial charge < -0.3 is 10.6 Å². The molecule has 1 spiro atoms. The minimum absolute atomic E-state index is 0.000447. The van der Waals surface area contributed by atoms with Crippen LogP contribution in [0.5, 0.6) is 0 Å². The van der Waals surface area contributed by atoms with Gasteiger partial charge in [0.2, 0.25) is 0 Å². The molecule has 2 N–H and O–H groups in total. The van der Waals surface area contributed by atoms with Gasteiger partial charge in [0.15, 0.2) is 0 Å². The third kappa shape index (κ3) is 2.42. The van der Waals surface area contributed by atoms with Crippen LogP contribution in [0.15, 0.2) is 42.7 Å². The average molecular weight is 358 g/mol. The Morgan fingerprint density at radius 2 is 2.15 bits per heavy atom. The Morgan fingerprint density at radius 3 is 3.04 bits per heavy atom. The Bertz CT molecular complexity index is 1080. The summed E-state index contributed by atoms with van der Waals surface area (Å²) < 4.78 is 2.18. The van der Waals surface area contributed by atoms with Crippen LogP contribution in [-0.2, 0) is 6.42 Å². The number of piperidine rings is 1. The fourth-order valence-corrected chi connectivity index (χ4v) is 4.88. The van der Waals surface area contributed by atoms with Gasteiger partial charge in [0.25, 0.3) is 5.91 Å². The van der Waals surface area contributed by atoms with Gasteiger partial charge in [-0.2, -0.15) is 5.10 Å². The van der Waals surface area contributed by atoms with E-state index in [9.17, 15) is 4.79 Å². The van der Waals surface area contributed by atoms with Crippen LogP contribution in [0.3, 0.4) is 0 Å². The largest absolute Gasteiger partial charge is 0.321 e. The molecule has 1 saturated carbocycles. The highest BCUT2D eigenvalue weighted by atomic mass is 16.1. The predicted octanol–water partition coefficient (Wildman–Crippen LogP) is 3.65. The summed E-state index contributed by atoms with van der Waals surface area (Å²) in [5.41, 5.74) is 4.60. The molecule has 0 radical (unpaired) electrons. The van der Waals surface area contributed by atoms with Crippen molar-refractivity contribution in [3.63, 3.8) is 0 Å². The van der Waals surface area contributed by atoms with E-state index in [0.717, 1.165) is 41.4 Å². The smallest absolute Gasteiger partial charge is 0.256 e. The summed E-state index contributed by atoms with van der Waals surface area (Å²) in [6.07, 6.45) is 10.0. The first kappa shape index (κ1) is 15.4.